The number of nitrogens with zero attached hydrogens (tertiary/aromatic N) is 2. The largest absolute Gasteiger partial charge is 0.382 e. The van der Waals surface area contributed by atoms with Crippen LogP contribution in [0.25, 0.3) is 0 Å². The van der Waals surface area contributed by atoms with E-state index in [-0.39, 0.29) is 36.9 Å². The van der Waals surface area contributed by atoms with Gasteiger partial charge in [0.15, 0.2) is 5.60 Å². The number of benzene rings is 1. The first-order chi connectivity index (χ1) is 12.4. The highest BCUT2D eigenvalue weighted by Crippen LogP contribution is 2.40. The average molecular weight is 386 g/mol. The van der Waals surface area contributed by atoms with Gasteiger partial charge in [0.05, 0.1) is 18.2 Å². The van der Waals surface area contributed by atoms with Crippen LogP contribution in [0.15, 0.2) is 41.3 Å². The van der Waals surface area contributed by atoms with E-state index in [4.69, 9.17) is 26.8 Å². The third-order valence-corrected chi connectivity index (χ3v) is 4.58. The molecule has 3 rings (SSSR count). The SMILES string of the molecule is Nc1nc(=O)n([C@H]2CC[C@](COCc3ccccc3)(C(F)F)O2)cc1Cl. The normalized spacial score (nSPS) is 22.8. The second-order valence-corrected chi connectivity index (χ2v) is 6.53. The number of rotatable bonds is 6. The summed E-state index contributed by atoms with van der Waals surface area (Å²) in [5, 5.41) is 0.0584. The van der Waals surface area contributed by atoms with Gasteiger partial charge < -0.3 is 15.2 Å². The highest BCUT2D eigenvalue weighted by molar-refractivity contribution is 6.32. The van der Waals surface area contributed by atoms with Crippen molar-refractivity contribution in [1.29, 1.82) is 0 Å². The van der Waals surface area contributed by atoms with Crippen LogP contribution >= 0.6 is 11.6 Å². The number of nitrogen functional groups attached to an aromatic ring is 1. The molecule has 2 N–H and O–H groups in total. The van der Waals surface area contributed by atoms with Gasteiger partial charge in [-0.05, 0) is 18.4 Å². The quantitative estimate of drug-likeness (QED) is 0.826. The first-order valence-electron chi connectivity index (χ1n) is 8.03. The van der Waals surface area contributed by atoms with Crippen LogP contribution < -0.4 is 11.4 Å². The summed E-state index contributed by atoms with van der Waals surface area (Å²) in [7, 11) is 0. The highest BCUT2D eigenvalue weighted by Gasteiger charge is 2.49. The minimum atomic E-state index is -2.77. The third-order valence-electron chi connectivity index (χ3n) is 4.29. The van der Waals surface area contributed by atoms with Crippen molar-refractivity contribution in [3.8, 4) is 0 Å². The molecule has 2 atom stereocenters. The van der Waals surface area contributed by atoms with Crippen molar-refractivity contribution in [2.45, 2.75) is 37.7 Å². The average Bonchev–Trinajstić information content (AvgIpc) is 3.05. The Balaban J connectivity index is 1.71. The van der Waals surface area contributed by atoms with Crippen molar-refractivity contribution in [2.24, 2.45) is 0 Å². The predicted molar refractivity (Wildman–Crippen MR) is 92.1 cm³/mol. The molecule has 2 aromatic rings. The number of halogens is 3. The molecule has 1 aromatic carbocycles. The van der Waals surface area contributed by atoms with E-state index in [1.807, 2.05) is 30.3 Å². The molecule has 26 heavy (non-hydrogen) atoms. The Labute approximate surface area is 153 Å². The summed E-state index contributed by atoms with van der Waals surface area (Å²) in [6.45, 7) is -0.0977. The lowest BCUT2D eigenvalue weighted by Crippen LogP contribution is -2.42. The van der Waals surface area contributed by atoms with Gasteiger partial charge in [-0.2, -0.15) is 4.98 Å². The van der Waals surface area contributed by atoms with Gasteiger partial charge in [0.1, 0.15) is 12.0 Å². The summed E-state index contributed by atoms with van der Waals surface area (Å²) < 4.78 is 39.5. The third kappa shape index (κ3) is 3.87. The van der Waals surface area contributed by atoms with E-state index in [2.05, 4.69) is 4.98 Å². The zero-order valence-electron chi connectivity index (χ0n) is 13.8. The number of hydrogen-bond acceptors (Lipinski definition) is 5. The van der Waals surface area contributed by atoms with Gasteiger partial charge in [0, 0.05) is 6.20 Å². The van der Waals surface area contributed by atoms with Crippen LogP contribution in [-0.4, -0.2) is 28.2 Å². The molecule has 1 aromatic heterocycles. The lowest BCUT2D eigenvalue weighted by atomic mass is 10.0. The molecule has 0 unspecified atom stereocenters. The Kier molecular flexibility index (Phi) is 5.55. The Hall–Kier alpha value is -2.03. The van der Waals surface area contributed by atoms with Crippen molar-refractivity contribution in [3.05, 3.63) is 57.6 Å². The molecule has 1 saturated heterocycles. The van der Waals surface area contributed by atoms with E-state index in [1.165, 1.54) is 6.20 Å². The Morgan fingerprint density at radius 1 is 1.42 bits per heavy atom. The number of anilines is 1. The minimum absolute atomic E-state index is 0.0402. The van der Waals surface area contributed by atoms with Gasteiger partial charge in [-0.15, -0.1) is 0 Å². The van der Waals surface area contributed by atoms with Crippen LogP contribution in [0, 0.1) is 0 Å². The maximum absolute atomic E-state index is 13.7. The molecule has 1 aliphatic rings. The molecule has 1 fully saturated rings. The van der Waals surface area contributed by atoms with Gasteiger partial charge in [0.2, 0.25) is 0 Å². The molecule has 2 heterocycles. The van der Waals surface area contributed by atoms with E-state index in [0.717, 1.165) is 10.1 Å². The molecular weight excluding hydrogens is 368 g/mol. The molecule has 140 valence electrons. The molecule has 9 heteroatoms. The zero-order valence-corrected chi connectivity index (χ0v) is 14.5. The summed E-state index contributed by atoms with van der Waals surface area (Å²) in [6.07, 6.45) is -2.17. The summed E-state index contributed by atoms with van der Waals surface area (Å²) in [5.74, 6) is -0.114. The summed E-state index contributed by atoms with van der Waals surface area (Å²) in [6, 6.07) is 9.23. The number of aromatic nitrogens is 2. The van der Waals surface area contributed by atoms with E-state index in [0.29, 0.717) is 0 Å². The first kappa shape index (κ1) is 18.8. The fourth-order valence-corrected chi connectivity index (χ4v) is 3.01. The monoisotopic (exact) mass is 385 g/mol. The number of ether oxygens (including phenoxy) is 2. The number of alkyl halides is 2. The smallest absolute Gasteiger partial charge is 0.351 e. The fraction of sp³-hybridized carbons (Fsp3) is 0.412. The zero-order chi connectivity index (χ0) is 18.7. The number of nitrogens with two attached hydrogens (primary N) is 1. The first-order valence-corrected chi connectivity index (χ1v) is 8.41. The Morgan fingerprint density at radius 3 is 2.85 bits per heavy atom. The molecule has 6 nitrogen and oxygen atoms in total. The van der Waals surface area contributed by atoms with Crippen LogP contribution in [-0.2, 0) is 16.1 Å². The standard InChI is InChI=1S/C17H18ClF2N3O3/c18-12-8-23(16(24)22-14(12)21)13-6-7-17(26-13,15(19)20)10-25-9-11-4-2-1-3-5-11/h1-5,8,13,15H,6-7,9-10H2,(H2,21,22,24)/t13-,17+/m1/s1. The van der Waals surface area contributed by atoms with Crippen LogP contribution in [0.2, 0.25) is 5.02 Å². The molecule has 0 spiro atoms. The topological polar surface area (TPSA) is 79.4 Å². The molecule has 0 amide bonds. The van der Waals surface area contributed by atoms with Crippen LogP contribution in [0.4, 0.5) is 14.6 Å². The molecular formula is C17H18ClF2N3O3. The molecule has 0 radical (unpaired) electrons. The lowest BCUT2D eigenvalue weighted by molar-refractivity contribution is -0.180. The van der Waals surface area contributed by atoms with Crippen molar-refractivity contribution in [1.82, 2.24) is 9.55 Å². The van der Waals surface area contributed by atoms with E-state index < -0.39 is 23.9 Å². The van der Waals surface area contributed by atoms with Crippen LogP contribution in [0.1, 0.15) is 24.6 Å². The molecule has 0 bridgehead atoms. The van der Waals surface area contributed by atoms with Crippen molar-refractivity contribution >= 4 is 17.4 Å². The van der Waals surface area contributed by atoms with Crippen molar-refractivity contribution < 1.29 is 18.3 Å². The van der Waals surface area contributed by atoms with Crippen molar-refractivity contribution in [3.63, 3.8) is 0 Å². The van der Waals surface area contributed by atoms with Gasteiger partial charge in [-0.1, -0.05) is 41.9 Å². The van der Waals surface area contributed by atoms with Gasteiger partial charge in [0.25, 0.3) is 6.43 Å². The van der Waals surface area contributed by atoms with E-state index in [9.17, 15) is 13.6 Å². The summed E-state index contributed by atoms with van der Waals surface area (Å²) in [4.78, 5) is 15.5. The van der Waals surface area contributed by atoms with Crippen LogP contribution in [0.5, 0.6) is 0 Å². The number of hydrogen-bond donors (Lipinski definition) is 1. The van der Waals surface area contributed by atoms with E-state index in [1.54, 1.807) is 0 Å². The lowest BCUT2D eigenvalue weighted by Gasteiger charge is -2.28. The summed E-state index contributed by atoms with van der Waals surface area (Å²) in [5.41, 5.74) is 3.86. The van der Waals surface area contributed by atoms with Gasteiger partial charge in [-0.3, -0.25) is 4.57 Å². The van der Waals surface area contributed by atoms with Crippen molar-refractivity contribution in [2.75, 3.05) is 12.3 Å². The molecule has 1 aliphatic heterocycles. The Morgan fingerprint density at radius 2 is 2.15 bits per heavy atom. The Bertz CT molecular complexity index is 819. The maximum Gasteiger partial charge on any atom is 0.351 e. The molecule has 0 aliphatic carbocycles. The van der Waals surface area contributed by atoms with Gasteiger partial charge in [-0.25, -0.2) is 13.6 Å². The van der Waals surface area contributed by atoms with Gasteiger partial charge >= 0.3 is 5.69 Å². The highest BCUT2D eigenvalue weighted by atomic mass is 35.5. The predicted octanol–water partition coefficient (Wildman–Crippen LogP) is 3.01. The maximum atomic E-state index is 13.7. The summed E-state index contributed by atoms with van der Waals surface area (Å²) >= 11 is 5.87. The minimum Gasteiger partial charge on any atom is -0.382 e. The second-order valence-electron chi connectivity index (χ2n) is 6.12. The van der Waals surface area contributed by atoms with Crippen LogP contribution in [0.3, 0.4) is 0 Å². The second kappa shape index (κ2) is 7.69. The van der Waals surface area contributed by atoms with E-state index >= 15 is 0 Å². The molecule has 0 saturated carbocycles. The fourth-order valence-electron chi connectivity index (χ4n) is 2.86.